The molecule has 0 spiro atoms. The maximum atomic E-state index is 12.7. The first-order valence-corrected chi connectivity index (χ1v) is 9.66. The number of nitrogens with one attached hydrogen (secondary N) is 2. The number of anilines is 2. The van der Waals surface area contributed by atoms with Crippen molar-refractivity contribution in [3.8, 4) is 11.5 Å². The van der Waals surface area contributed by atoms with Crippen LogP contribution in [0, 0.1) is 0 Å². The van der Waals surface area contributed by atoms with E-state index in [1.54, 1.807) is 42.5 Å². The molecule has 0 saturated heterocycles. The summed E-state index contributed by atoms with van der Waals surface area (Å²) in [4.78, 5) is 24.8. The zero-order valence-corrected chi connectivity index (χ0v) is 17.3. The van der Waals surface area contributed by atoms with Crippen molar-refractivity contribution in [3.05, 3.63) is 71.1 Å². The zero-order chi connectivity index (χ0) is 21.5. The van der Waals surface area contributed by atoms with E-state index in [1.807, 2.05) is 6.92 Å². The van der Waals surface area contributed by atoms with E-state index >= 15 is 0 Å². The van der Waals surface area contributed by atoms with E-state index in [-0.39, 0.29) is 22.6 Å². The fraction of sp³-hybridized carbons (Fsp3) is 0.182. The van der Waals surface area contributed by atoms with Crippen LogP contribution in [0.1, 0.15) is 34.3 Å². The molecule has 0 atom stereocenters. The molecule has 3 rings (SSSR count). The number of carbonyl (C=O) groups is 2. The number of hydrogen-bond acceptors (Lipinski definition) is 5. The first kappa shape index (κ1) is 21.3. The van der Waals surface area contributed by atoms with Crippen molar-refractivity contribution in [2.75, 3.05) is 24.4 Å². The minimum absolute atomic E-state index is 0.191. The molecule has 1 aromatic heterocycles. The quantitative estimate of drug-likeness (QED) is 0.512. The van der Waals surface area contributed by atoms with Gasteiger partial charge in [-0.3, -0.25) is 9.59 Å². The molecule has 0 bridgehead atoms. The SMILES string of the molecule is CCCOc1c(Cl)cc(C(=O)Nc2cccc(NC(=O)c3ccco3)c2)cc1OC. The molecule has 0 fully saturated rings. The normalized spacial score (nSPS) is 10.4. The monoisotopic (exact) mass is 428 g/mol. The molecule has 0 saturated carbocycles. The molecule has 0 unspecified atom stereocenters. The Morgan fingerprint density at radius 2 is 1.77 bits per heavy atom. The minimum atomic E-state index is -0.386. The lowest BCUT2D eigenvalue weighted by molar-refractivity contribution is 0.0995. The summed E-state index contributed by atoms with van der Waals surface area (Å²) in [7, 11) is 1.48. The highest BCUT2D eigenvalue weighted by Gasteiger charge is 2.16. The molecule has 2 aromatic carbocycles. The van der Waals surface area contributed by atoms with Gasteiger partial charge in [-0.1, -0.05) is 24.6 Å². The van der Waals surface area contributed by atoms with Gasteiger partial charge in [0.25, 0.3) is 11.8 Å². The van der Waals surface area contributed by atoms with Crippen LogP contribution in [0.15, 0.2) is 59.2 Å². The van der Waals surface area contributed by atoms with Crippen molar-refractivity contribution >= 4 is 34.8 Å². The third kappa shape index (κ3) is 5.12. The third-order valence-corrected chi connectivity index (χ3v) is 4.35. The van der Waals surface area contributed by atoms with Gasteiger partial charge in [0.1, 0.15) is 0 Å². The van der Waals surface area contributed by atoms with Crippen molar-refractivity contribution in [1.29, 1.82) is 0 Å². The van der Waals surface area contributed by atoms with E-state index in [1.165, 1.54) is 19.4 Å². The van der Waals surface area contributed by atoms with Gasteiger partial charge < -0.3 is 24.5 Å². The number of furan rings is 1. The fourth-order valence-electron chi connectivity index (χ4n) is 2.67. The van der Waals surface area contributed by atoms with Crippen molar-refractivity contribution in [3.63, 3.8) is 0 Å². The van der Waals surface area contributed by atoms with Gasteiger partial charge in [0.15, 0.2) is 17.3 Å². The number of benzene rings is 2. The van der Waals surface area contributed by atoms with Gasteiger partial charge in [-0.2, -0.15) is 0 Å². The molecule has 156 valence electrons. The molecule has 3 aromatic rings. The second-order valence-corrected chi connectivity index (χ2v) is 6.71. The van der Waals surface area contributed by atoms with Crippen molar-refractivity contribution in [2.24, 2.45) is 0 Å². The van der Waals surface area contributed by atoms with E-state index in [9.17, 15) is 9.59 Å². The second-order valence-electron chi connectivity index (χ2n) is 6.30. The van der Waals surface area contributed by atoms with E-state index in [0.29, 0.717) is 35.0 Å². The summed E-state index contributed by atoms with van der Waals surface area (Å²) >= 11 is 6.29. The summed E-state index contributed by atoms with van der Waals surface area (Å²) < 4.78 is 16.0. The molecule has 1 heterocycles. The maximum Gasteiger partial charge on any atom is 0.291 e. The fourth-order valence-corrected chi connectivity index (χ4v) is 2.94. The van der Waals surface area contributed by atoms with Crippen molar-refractivity contribution in [2.45, 2.75) is 13.3 Å². The van der Waals surface area contributed by atoms with Gasteiger partial charge in [-0.25, -0.2) is 0 Å². The summed E-state index contributed by atoms with van der Waals surface area (Å²) in [5.74, 6) is 0.201. The van der Waals surface area contributed by atoms with Crippen LogP contribution in [0.25, 0.3) is 0 Å². The van der Waals surface area contributed by atoms with Crippen LogP contribution >= 0.6 is 11.6 Å². The van der Waals surface area contributed by atoms with Gasteiger partial charge in [-0.05, 0) is 48.9 Å². The Bertz CT molecular complexity index is 1030. The highest BCUT2D eigenvalue weighted by molar-refractivity contribution is 6.32. The topological polar surface area (TPSA) is 89.8 Å². The summed E-state index contributed by atoms with van der Waals surface area (Å²) in [6.45, 7) is 2.46. The minimum Gasteiger partial charge on any atom is -0.493 e. The second kappa shape index (κ2) is 9.84. The molecular formula is C22H21ClN2O5. The highest BCUT2D eigenvalue weighted by atomic mass is 35.5. The van der Waals surface area contributed by atoms with Crippen molar-refractivity contribution in [1.82, 2.24) is 0 Å². The Morgan fingerprint density at radius 1 is 1.03 bits per heavy atom. The Labute approximate surface area is 178 Å². The van der Waals surface area contributed by atoms with E-state index in [0.717, 1.165) is 6.42 Å². The van der Waals surface area contributed by atoms with Gasteiger partial charge in [0.05, 0.1) is 25.0 Å². The van der Waals surface area contributed by atoms with Crippen LogP contribution in [0.4, 0.5) is 11.4 Å². The first-order chi connectivity index (χ1) is 14.5. The highest BCUT2D eigenvalue weighted by Crippen LogP contribution is 2.36. The summed E-state index contributed by atoms with van der Waals surface area (Å²) in [6, 6.07) is 13.0. The number of carbonyl (C=O) groups excluding carboxylic acids is 2. The average molecular weight is 429 g/mol. The Hall–Kier alpha value is -3.45. The zero-order valence-electron chi connectivity index (χ0n) is 16.5. The number of methoxy groups -OCH3 is 1. The lowest BCUT2D eigenvalue weighted by Crippen LogP contribution is -2.14. The van der Waals surface area contributed by atoms with Crippen LogP contribution in [0.3, 0.4) is 0 Å². The van der Waals surface area contributed by atoms with Crippen LogP contribution < -0.4 is 20.1 Å². The molecule has 8 heteroatoms. The lowest BCUT2D eigenvalue weighted by Gasteiger charge is -2.14. The van der Waals surface area contributed by atoms with E-state index in [2.05, 4.69) is 10.6 Å². The maximum absolute atomic E-state index is 12.7. The number of ether oxygens (including phenoxy) is 2. The van der Waals surface area contributed by atoms with Gasteiger partial charge >= 0.3 is 0 Å². The van der Waals surface area contributed by atoms with E-state index in [4.69, 9.17) is 25.5 Å². The molecule has 7 nitrogen and oxygen atoms in total. The molecule has 0 aliphatic carbocycles. The molecule has 2 amide bonds. The number of hydrogen-bond donors (Lipinski definition) is 2. The van der Waals surface area contributed by atoms with Crippen LogP contribution in [-0.2, 0) is 0 Å². The van der Waals surface area contributed by atoms with E-state index < -0.39 is 0 Å². The smallest absolute Gasteiger partial charge is 0.291 e. The summed E-state index contributed by atoms with van der Waals surface area (Å²) in [5.41, 5.74) is 1.32. The molecule has 2 N–H and O–H groups in total. The number of rotatable bonds is 8. The van der Waals surface area contributed by atoms with Gasteiger partial charge in [-0.15, -0.1) is 0 Å². The molecule has 0 aliphatic rings. The number of amides is 2. The predicted molar refractivity (Wildman–Crippen MR) is 115 cm³/mol. The molecule has 0 aliphatic heterocycles. The predicted octanol–water partition coefficient (Wildman–Crippen LogP) is 5.24. The molecule has 0 radical (unpaired) electrons. The largest absolute Gasteiger partial charge is 0.493 e. The van der Waals surface area contributed by atoms with Crippen LogP contribution in [0.5, 0.6) is 11.5 Å². The van der Waals surface area contributed by atoms with Crippen LogP contribution in [-0.4, -0.2) is 25.5 Å². The summed E-state index contributed by atoms with van der Waals surface area (Å²) in [6.07, 6.45) is 2.23. The first-order valence-electron chi connectivity index (χ1n) is 9.28. The van der Waals surface area contributed by atoms with Crippen LogP contribution in [0.2, 0.25) is 5.02 Å². The Balaban J connectivity index is 1.74. The Kier molecular flexibility index (Phi) is 6.98. The van der Waals surface area contributed by atoms with Crippen molar-refractivity contribution < 1.29 is 23.5 Å². The lowest BCUT2D eigenvalue weighted by atomic mass is 10.1. The number of halogens is 1. The molecular weight excluding hydrogens is 408 g/mol. The van der Waals surface area contributed by atoms with Gasteiger partial charge in [0.2, 0.25) is 0 Å². The van der Waals surface area contributed by atoms with Gasteiger partial charge in [0, 0.05) is 16.9 Å². The standard InChI is InChI=1S/C22H21ClN2O5/c1-3-9-30-20-17(23)11-14(12-19(20)28-2)21(26)24-15-6-4-7-16(13-15)25-22(27)18-8-5-10-29-18/h4-8,10-13H,3,9H2,1-2H3,(H,24,26)(H,25,27). The molecule has 30 heavy (non-hydrogen) atoms. The third-order valence-electron chi connectivity index (χ3n) is 4.07. The average Bonchev–Trinajstić information content (AvgIpc) is 3.27. The Morgan fingerprint density at radius 3 is 2.40 bits per heavy atom. The summed E-state index contributed by atoms with van der Waals surface area (Å²) in [5, 5.41) is 5.77.